The van der Waals surface area contributed by atoms with E-state index in [0.29, 0.717) is 27.9 Å². The van der Waals surface area contributed by atoms with Gasteiger partial charge in [-0.05, 0) is 37.6 Å². The molecule has 2 nitrogen and oxygen atoms in total. The zero-order valence-electron chi connectivity index (χ0n) is 8.80. The second kappa shape index (κ2) is 5.17. The van der Waals surface area contributed by atoms with Crippen molar-refractivity contribution in [2.75, 3.05) is 13.1 Å². The molecule has 0 amide bonds. The van der Waals surface area contributed by atoms with Crippen LogP contribution in [0.5, 0.6) is 0 Å². The molecule has 0 bridgehead atoms. The third-order valence-electron chi connectivity index (χ3n) is 2.89. The van der Waals surface area contributed by atoms with E-state index in [0.717, 1.165) is 19.5 Å². The van der Waals surface area contributed by atoms with Crippen molar-refractivity contribution in [2.45, 2.75) is 12.8 Å². The zero-order chi connectivity index (χ0) is 11.5. The van der Waals surface area contributed by atoms with Crippen LogP contribution in [-0.2, 0) is 0 Å². The van der Waals surface area contributed by atoms with E-state index in [1.54, 1.807) is 18.2 Å². The van der Waals surface area contributed by atoms with E-state index < -0.39 is 0 Å². The maximum Gasteiger partial charge on any atom is 0.164 e. The minimum Gasteiger partial charge on any atom is -0.316 e. The zero-order valence-corrected chi connectivity index (χ0v) is 10.3. The van der Waals surface area contributed by atoms with Crippen LogP contribution in [0.3, 0.4) is 0 Å². The van der Waals surface area contributed by atoms with E-state index in [1.165, 1.54) is 0 Å². The SMILES string of the molecule is O=C(CC1CCNC1)c1cccc(Cl)c1Cl. The Hall–Kier alpha value is -0.570. The lowest BCUT2D eigenvalue weighted by atomic mass is 9.97. The van der Waals surface area contributed by atoms with Crippen LogP contribution in [-0.4, -0.2) is 18.9 Å². The van der Waals surface area contributed by atoms with Crippen molar-refractivity contribution in [2.24, 2.45) is 5.92 Å². The molecule has 1 unspecified atom stereocenters. The molecule has 1 N–H and O–H groups in total. The molecule has 0 radical (unpaired) electrons. The summed E-state index contributed by atoms with van der Waals surface area (Å²) in [5, 5.41) is 4.06. The van der Waals surface area contributed by atoms with Gasteiger partial charge in [0.15, 0.2) is 5.78 Å². The van der Waals surface area contributed by atoms with Crippen LogP contribution in [0.25, 0.3) is 0 Å². The van der Waals surface area contributed by atoms with Crippen LogP contribution >= 0.6 is 23.2 Å². The first-order chi connectivity index (χ1) is 7.68. The van der Waals surface area contributed by atoms with Crippen molar-refractivity contribution in [3.05, 3.63) is 33.8 Å². The molecule has 86 valence electrons. The van der Waals surface area contributed by atoms with E-state index in [-0.39, 0.29) is 5.78 Å². The fourth-order valence-corrected chi connectivity index (χ4v) is 2.39. The van der Waals surface area contributed by atoms with Crippen molar-refractivity contribution in [1.29, 1.82) is 0 Å². The van der Waals surface area contributed by atoms with Gasteiger partial charge in [-0.15, -0.1) is 0 Å². The maximum atomic E-state index is 12.0. The molecule has 1 aromatic carbocycles. The number of hydrogen-bond acceptors (Lipinski definition) is 2. The van der Waals surface area contributed by atoms with Crippen LogP contribution in [0.4, 0.5) is 0 Å². The highest BCUT2D eigenvalue weighted by atomic mass is 35.5. The number of carbonyl (C=O) groups excluding carboxylic acids is 1. The van der Waals surface area contributed by atoms with Gasteiger partial charge in [-0.25, -0.2) is 0 Å². The Morgan fingerprint density at radius 3 is 2.94 bits per heavy atom. The molecule has 2 rings (SSSR count). The topological polar surface area (TPSA) is 29.1 Å². The molecule has 0 aliphatic carbocycles. The van der Waals surface area contributed by atoms with Crippen molar-refractivity contribution >= 4 is 29.0 Å². The highest BCUT2D eigenvalue weighted by Crippen LogP contribution is 2.27. The Balaban J connectivity index is 2.11. The molecule has 1 atom stereocenters. The van der Waals surface area contributed by atoms with Gasteiger partial charge in [-0.3, -0.25) is 4.79 Å². The number of hydrogen-bond donors (Lipinski definition) is 1. The molecule has 0 spiro atoms. The number of rotatable bonds is 3. The van der Waals surface area contributed by atoms with Gasteiger partial charge in [0, 0.05) is 12.0 Å². The Morgan fingerprint density at radius 2 is 2.25 bits per heavy atom. The van der Waals surface area contributed by atoms with Crippen LogP contribution in [0.1, 0.15) is 23.2 Å². The molecule has 0 saturated carbocycles. The standard InChI is InChI=1S/C12H13Cl2NO/c13-10-3-1-2-9(12(10)14)11(16)6-8-4-5-15-7-8/h1-3,8,15H,4-7H2. The van der Waals surface area contributed by atoms with E-state index in [4.69, 9.17) is 23.2 Å². The summed E-state index contributed by atoms with van der Waals surface area (Å²) in [4.78, 5) is 12.0. The van der Waals surface area contributed by atoms with Gasteiger partial charge in [0.25, 0.3) is 0 Å². The van der Waals surface area contributed by atoms with E-state index >= 15 is 0 Å². The van der Waals surface area contributed by atoms with Gasteiger partial charge in [-0.1, -0.05) is 29.3 Å². The predicted molar refractivity (Wildman–Crippen MR) is 66.4 cm³/mol. The summed E-state index contributed by atoms with van der Waals surface area (Å²) in [6.45, 7) is 1.92. The van der Waals surface area contributed by atoms with E-state index in [1.807, 2.05) is 0 Å². The minimum absolute atomic E-state index is 0.0844. The van der Waals surface area contributed by atoms with Gasteiger partial charge in [0.05, 0.1) is 10.0 Å². The largest absolute Gasteiger partial charge is 0.316 e. The van der Waals surface area contributed by atoms with Crippen molar-refractivity contribution in [3.8, 4) is 0 Å². The summed E-state index contributed by atoms with van der Waals surface area (Å²) >= 11 is 11.9. The van der Waals surface area contributed by atoms with Crippen molar-refractivity contribution < 1.29 is 4.79 Å². The first-order valence-corrected chi connectivity index (χ1v) is 6.12. The van der Waals surface area contributed by atoms with Gasteiger partial charge < -0.3 is 5.32 Å². The fraction of sp³-hybridized carbons (Fsp3) is 0.417. The van der Waals surface area contributed by atoms with Crippen LogP contribution in [0.15, 0.2) is 18.2 Å². The quantitative estimate of drug-likeness (QED) is 0.843. The summed E-state index contributed by atoms with van der Waals surface area (Å²) < 4.78 is 0. The van der Waals surface area contributed by atoms with Gasteiger partial charge >= 0.3 is 0 Å². The van der Waals surface area contributed by atoms with Crippen molar-refractivity contribution in [1.82, 2.24) is 5.32 Å². The van der Waals surface area contributed by atoms with E-state index in [2.05, 4.69) is 5.32 Å². The number of benzene rings is 1. The molecule has 1 saturated heterocycles. The molecule has 1 aliphatic heterocycles. The smallest absolute Gasteiger partial charge is 0.164 e. The lowest BCUT2D eigenvalue weighted by molar-refractivity contribution is 0.0964. The normalized spacial score (nSPS) is 20.0. The highest BCUT2D eigenvalue weighted by Gasteiger charge is 2.20. The fourth-order valence-electron chi connectivity index (χ4n) is 1.98. The van der Waals surface area contributed by atoms with Crippen LogP contribution in [0, 0.1) is 5.92 Å². The van der Waals surface area contributed by atoms with Gasteiger partial charge in [0.1, 0.15) is 0 Å². The third-order valence-corrected chi connectivity index (χ3v) is 3.71. The lowest BCUT2D eigenvalue weighted by Crippen LogP contribution is -2.13. The molecule has 1 fully saturated rings. The van der Waals surface area contributed by atoms with Gasteiger partial charge in [-0.2, -0.15) is 0 Å². The number of Topliss-reactive ketones (excluding diaryl/α,β-unsaturated/α-hetero) is 1. The second-order valence-corrected chi connectivity index (χ2v) is 4.87. The number of carbonyl (C=O) groups is 1. The summed E-state index contributed by atoms with van der Waals surface area (Å²) in [6, 6.07) is 5.19. The monoisotopic (exact) mass is 257 g/mol. The minimum atomic E-state index is 0.0844. The number of nitrogens with one attached hydrogen (secondary N) is 1. The summed E-state index contributed by atoms with van der Waals surface area (Å²) in [5.41, 5.74) is 0.543. The molecular formula is C12H13Cl2NO. The maximum absolute atomic E-state index is 12.0. The van der Waals surface area contributed by atoms with Gasteiger partial charge in [0.2, 0.25) is 0 Å². The second-order valence-electron chi connectivity index (χ2n) is 4.09. The molecule has 4 heteroatoms. The molecule has 1 aliphatic rings. The lowest BCUT2D eigenvalue weighted by Gasteiger charge is -2.08. The molecule has 16 heavy (non-hydrogen) atoms. The Morgan fingerprint density at radius 1 is 1.44 bits per heavy atom. The number of halogens is 2. The summed E-state index contributed by atoms with van der Waals surface area (Å²) in [6.07, 6.45) is 1.61. The van der Waals surface area contributed by atoms with Crippen LogP contribution < -0.4 is 5.32 Å². The summed E-state index contributed by atoms with van der Waals surface area (Å²) in [7, 11) is 0. The third kappa shape index (κ3) is 2.57. The number of ketones is 1. The highest BCUT2D eigenvalue weighted by molar-refractivity contribution is 6.43. The molecule has 0 aromatic heterocycles. The predicted octanol–water partition coefficient (Wildman–Crippen LogP) is 3.18. The first-order valence-electron chi connectivity index (χ1n) is 5.36. The Labute approximate surface area is 105 Å². The molecule has 1 heterocycles. The Bertz CT molecular complexity index is 400. The average Bonchev–Trinajstić information content (AvgIpc) is 2.74. The average molecular weight is 258 g/mol. The molecule has 1 aromatic rings. The van der Waals surface area contributed by atoms with Crippen molar-refractivity contribution in [3.63, 3.8) is 0 Å². The Kier molecular flexibility index (Phi) is 3.85. The van der Waals surface area contributed by atoms with Crippen LogP contribution in [0.2, 0.25) is 10.0 Å². The summed E-state index contributed by atoms with van der Waals surface area (Å²) in [5.74, 6) is 0.517. The van der Waals surface area contributed by atoms with E-state index in [9.17, 15) is 4.79 Å². The molecular weight excluding hydrogens is 245 g/mol. The first kappa shape index (κ1) is 11.9.